The molecule has 0 N–H and O–H groups in total. The van der Waals surface area contributed by atoms with E-state index in [1.807, 2.05) is 0 Å². The van der Waals surface area contributed by atoms with Crippen molar-refractivity contribution in [1.82, 2.24) is 0 Å². The van der Waals surface area contributed by atoms with E-state index in [2.05, 4.69) is 4.74 Å². The molecular formula is C12H14F4O2. The molecule has 0 aliphatic carbocycles. The largest absolute Gasteiger partial charge is 0.490 e. The van der Waals surface area contributed by atoms with E-state index in [1.54, 1.807) is 13.0 Å². The minimum absolute atomic E-state index is 0.0764. The van der Waals surface area contributed by atoms with Crippen molar-refractivity contribution in [3.05, 3.63) is 29.6 Å². The normalized spacial score (nSPS) is 11.6. The summed E-state index contributed by atoms with van der Waals surface area (Å²) in [5.74, 6) is -0.386. The molecule has 1 aromatic carbocycles. The van der Waals surface area contributed by atoms with Gasteiger partial charge in [0.25, 0.3) is 0 Å². The number of hydrogen-bond acceptors (Lipinski definition) is 2. The van der Waals surface area contributed by atoms with E-state index in [1.165, 1.54) is 12.1 Å². The summed E-state index contributed by atoms with van der Waals surface area (Å²) < 4.78 is 57.9. The van der Waals surface area contributed by atoms with Crippen molar-refractivity contribution in [3.63, 3.8) is 0 Å². The van der Waals surface area contributed by atoms with Crippen molar-refractivity contribution in [2.24, 2.45) is 0 Å². The van der Waals surface area contributed by atoms with Crippen molar-refractivity contribution in [1.29, 1.82) is 0 Å². The second-order valence-corrected chi connectivity index (χ2v) is 3.80. The van der Waals surface area contributed by atoms with Crippen LogP contribution in [0.2, 0.25) is 0 Å². The Kier molecular flexibility index (Phi) is 5.40. The van der Waals surface area contributed by atoms with Gasteiger partial charge < -0.3 is 9.47 Å². The molecule has 0 aromatic heterocycles. The van der Waals surface area contributed by atoms with Crippen LogP contribution in [0.25, 0.3) is 0 Å². The fourth-order valence-corrected chi connectivity index (χ4v) is 1.25. The van der Waals surface area contributed by atoms with Gasteiger partial charge >= 0.3 is 6.18 Å². The number of ether oxygens (including phenoxy) is 2. The lowest BCUT2D eigenvalue weighted by Gasteiger charge is -2.09. The van der Waals surface area contributed by atoms with E-state index in [0.717, 1.165) is 5.56 Å². The highest BCUT2D eigenvalue weighted by atomic mass is 19.4. The molecule has 0 spiro atoms. The molecule has 0 heterocycles. The highest BCUT2D eigenvalue weighted by Crippen LogP contribution is 2.18. The average Bonchev–Trinajstić information content (AvgIpc) is 2.26. The van der Waals surface area contributed by atoms with Crippen LogP contribution < -0.4 is 4.74 Å². The Morgan fingerprint density at radius 2 is 1.89 bits per heavy atom. The minimum Gasteiger partial charge on any atom is -0.490 e. The van der Waals surface area contributed by atoms with E-state index in [-0.39, 0.29) is 25.4 Å². The minimum atomic E-state index is -4.32. The van der Waals surface area contributed by atoms with Crippen LogP contribution in [0, 0.1) is 12.7 Å². The van der Waals surface area contributed by atoms with Crippen molar-refractivity contribution < 1.29 is 27.0 Å². The molecular weight excluding hydrogens is 252 g/mol. The monoisotopic (exact) mass is 266 g/mol. The molecule has 0 atom stereocenters. The summed E-state index contributed by atoms with van der Waals surface area (Å²) in [5.41, 5.74) is 0.847. The molecule has 0 amide bonds. The van der Waals surface area contributed by atoms with Gasteiger partial charge in [-0.3, -0.25) is 0 Å². The third kappa shape index (κ3) is 5.86. The number of alkyl halides is 3. The Morgan fingerprint density at radius 3 is 2.56 bits per heavy atom. The molecule has 18 heavy (non-hydrogen) atoms. The average molecular weight is 266 g/mol. The molecule has 0 aliphatic rings. The Hall–Kier alpha value is -1.30. The molecule has 0 bridgehead atoms. The zero-order chi connectivity index (χ0) is 13.6. The second-order valence-electron chi connectivity index (χ2n) is 3.80. The van der Waals surface area contributed by atoms with Crippen molar-refractivity contribution in [3.8, 4) is 5.75 Å². The first-order valence-corrected chi connectivity index (χ1v) is 5.42. The number of halogens is 4. The highest BCUT2D eigenvalue weighted by molar-refractivity contribution is 5.29. The summed E-state index contributed by atoms with van der Waals surface area (Å²) in [5, 5.41) is 0. The lowest BCUT2D eigenvalue weighted by Crippen LogP contribution is -2.18. The van der Waals surface area contributed by atoms with Gasteiger partial charge in [-0.25, -0.2) is 4.39 Å². The van der Waals surface area contributed by atoms with E-state index in [0.29, 0.717) is 0 Å². The van der Waals surface area contributed by atoms with Crippen LogP contribution in [0.1, 0.15) is 12.0 Å². The van der Waals surface area contributed by atoms with E-state index in [4.69, 9.17) is 4.74 Å². The van der Waals surface area contributed by atoms with E-state index < -0.39 is 18.6 Å². The van der Waals surface area contributed by atoms with Gasteiger partial charge in [0.1, 0.15) is 6.61 Å². The highest BCUT2D eigenvalue weighted by Gasteiger charge is 2.27. The molecule has 0 unspecified atom stereocenters. The number of benzene rings is 1. The summed E-state index contributed by atoms with van der Waals surface area (Å²) in [6, 6.07) is 4.42. The second kappa shape index (κ2) is 6.58. The molecule has 102 valence electrons. The van der Waals surface area contributed by atoms with Crippen LogP contribution in [-0.2, 0) is 4.74 Å². The van der Waals surface area contributed by atoms with Crippen LogP contribution in [0.5, 0.6) is 5.75 Å². The Morgan fingerprint density at radius 1 is 1.17 bits per heavy atom. The van der Waals surface area contributed by atoms with Gasteiger partial charge in [0.15, 0.2) is 11.6 Å². The van der Waals surface area contributed by atoms with Crippen LogP contribution in [0.15, 0.2) is 18.2 Å². The quantitative estimate of drug-likeness (QED) is 0.579. The molecule has 2 nitrogen and oxygen atoms in total. The molecule has 0 aliphatic heterocycles. The maximum absolute atomic E-state index is 13.2. The van der Waals surface area contributed by atoms with Gasteiger partial charge in [-0.05, 0) is 24.6 Å². The first-order valence-electron chi connectivity index (χ1n) is 5.42. The van der Waals surface area contributed by atoms with Gasteiger partial charge in [-0.15, -0.1) is 0 Å². The predicted molar refractivity (Wildman–Crippen MR) is 58.1 cm³/mol. The number of aryl methyl sites for hydroxylation is 1. The van der Waals surface area contributed by atoms with Gasteiger partial charge in [-0.2, -0.15) is 13.2 Å². The fraction of sp³-hybridized carbons (Fsp3) is 0.500. The molecule has 6 heteroatoms. The Bertz CT molecular complexity index is 377. The van der Waals surface area contributed by atoms with Gasteiger partial charge in [0.2, 0.25) is 0 Å². The SMILES string of the molecule is Cc1ccc(F)c(OCCCOCC(F)(F)F)c1. The summed E-state index contributed by atoms with van der Waals surface area (Å²) in [6.07, 6.45) is -4.05. The van der Waals surface area contributed by atoms with Gasteiger partial charge in [-0.1, -0.05) is 6.07 Å². The van der Waals surface area contributed by atoms with E-state index in [9.17, 15) is 17.6 Å². The van der Waals surface area contributed by atoms with Gasteiger partial charge in [0, 0.05) is 6.42 Å². The lowest BCUT2D eigenvalue weighted by molar-refractivity contribution is -0.174. The van der Waals surface area contributed by atoms with Crippen LogP contribution in [0.3, 0.4) is 0 Å². The summed E-state index contributed by atoms with van der Waals surface area (Å²) in [6.45, 7) is 0.551. The molecule has 0 saturated carbocycles. The Balaban J connectivity index is 2.20. The zero-order valence-corrected chi connectivity index (χ0v) is 9.89. The summed E-state index contributed by atoms with van der Waals surface area (Å²) in [4.78, 5) is 0. The number of hydrogen-bond donors (Lipinski definition) is 0. The number of rotatable bonds is 6. The fourth-order valence-electron chi connectivity index (χ4n) is 1.25. The van der Waals surface area contributed by atoms with Crippen LogP contribution in [-0.4, -0.2) is 26.0 Å². The topological polar surface area (TPSA) is 18.5 Å². The summed E-state index contributed by atoms with van der Waals surface area (Å²) >= 11 is 0. The molecule has 0 radical (unpaired) electrons. The van der Waals surface area contributed by atoms with Crippen molar-refractivity contribution in [2.45, 2.75) is 19.5 Å². The Labute approximate surface area is 103 Å². The van der Waals surface area contributed by atoms with Crippen LogP contribution in [0.4, 0.5) is 17.6 Å². The summed E-state index contributed by atoms with van der Waals surface area (Å²) in [7, 11) is 0. The molecule has 1 rings (SSSR count). The van der Waals surface area contributed by atoms with Crippen LogP contribution >= 0.6 is 0 Å². The molecule has 0 saturated heterocycles. The van der Waals surface area contributed by atoms with E-state index >= 15 is 0 Å². The third-order valence-electron chi connectivity index (χ3n) is 2.04. The first kappa shape index (κ1) is 14.8. The maximum Gasteiger partial charge on any atom is 0.411 e. The maximum atomic E-state index is 13.2. The van der Waals surface area contributed by atoms with Gasteiger partial charge in [0.05, 0.1) is 13.2 Å². The third-order valence-corrected chi connectivity index (χ3v) is 2.04. The molecule has 1 aromatic rings. The molecule has 0 fully saturated rings. The van der Waals surface area contributed by atoms with Crippen molar-refractivity contribution in [2.75, 3.05) is 19.8 Å². The smallest absolute Gasteiger partial charge is 0.411 e. The van der Waals surface area contributed by atoms with Crippen molar-refractivity contribution >= 4 is 0 Å². The zero-order valence-electron chi connectivity index (χ0n) is 9.89. The lowest BCUT2D eigenvalue weighted by atomic mass is 10.2. The predicted octanol–water partition coefficient (Wildman–Crippen LogP) is 3.48. The standard InChI is InChI=1S/C12H14F4O2/c1-9-3-4-10(13)11(7-9)18-6-2-5-17-8-12(14,15)16/h3-4,7H,2,5-6,8H2,1H3. The first-order chi connectivity index (χ1) is 8.38.